The molecule has 0 atom stereocenters. The Kier molecular flexibility index (Phi) is 4.84. The number of nitrogens with zero attached hydrogens (tertiary/aromatic N) is 1. The highest BCUT2D eigenvalue weighted by atomic mass is 35.5. The Morgan fingerprint density at radius 3 is 2.50 bits per heavy atom. The molecule has 1 fully saturated rings. The fraction of sp³-hybridized carbons (Fsp3) is 0.538. The van der Waals surface area contributed by atoms with Crippen LogP contribution in [0.15, 0.2) is 12.1 Å². The summed E-state index contributed by atoms with van der Waals surface area (Å²) in [5.41, 5.74) is 0.105. The summed E-state index contributed by atoms with van der Waals surface area (Å²) in [5.74, 6) is -0.477. The van der Waals surface area contributed by atoms with Crippen molar-refractivity contribution < 1.29 is 9.53 Å². The van der Waals surface area contributed by atoms with Gasteiger partial charge in [0.25, 0.3) is 0 Å². The van der Waals surface area contributed by atoms with Gasteiger partial charge in [-0.25, -0.2) is 9.78 Å². The lowest BCUT2D eigenvalue weighted by Crippen LogP contribution is -2.18. The number of carbonyl (C=O) groups excluding carboxylic acids is 1. The average molecular weight is 288 g/mol. The third-order valence-corrected chi connectivity index (χ3v) is 3.60. The van der Waals surface area contributed by atoms with Gasteiger partial charge in [-0.05, 0) is 37.8 Å². The number of hydrogen-bond acceptors (Lipinski definition) is 3. The van der Waals surface area contributed by atoms with Crippen molar-refractivity contribution in [3.63, 3.8) is 0 Å². The fourth-order valence-electron chi connectivity index (χ4n) is 2.13. The van der Waals surface area contributed by atoms with Gasteiger partial charge < -0.3 is 4.74 Å². The van der Waals surface area contributed by atoms with E-state index in [0.717, 1.165) is 25.7 Å². The molecule has 1 aliphatic rings. The topological polar surface area (TPSA) is 39.2 Å². The molecule has 1 aromatic heterocycles. The quantitative estimate of drug-likeness (QED) is 0.463. The Hall–Kier alpha value is -0.800. The SMILES string of the molecule is O=C(OC1CCCCCC1)c1nc(Cl)ccc1Cl. The van der Waals surface area contributed by atoms with E-state index in [0.29, 0.717) is 0 Å². The number of halogens is 2. The van der Waals surface area contributed by atoms with Crippen LogP contribution in [0.4, 0.5) is 0 Å². The second kappa shape index (κ2) is 6.39. The van der Waals surface area contributed by atoms with Gasteiger partial charge in [0.1, 0.15) is 11.3 Å². The van der Waals surface area contributed by atoms with E-state index >= 15 is 0 Å². The molecule has 0 unspecified atom stereocenters. The van der Waals surface area contributed by atoms with Crippen LogP contribution in [0.5, 0.6) is 0 Å². The zero-order chi connectivity index (χ0) is 13.0. The number of esters is 1. The molecule has 0 bridgehead atoms. The molecule has 98 valence electrons. The average Bonchev–Trinajstić information content (AvgIpc) is 2.61. The van der Waals surface area contributed by atoms with Gasteiger partial charge in [-0.3, -0.25) is 0 Å². The maximum Gasteiger partial charge on any atom is 0.358 e. The van der Waals surface area contributed by atoms with E-state index in [1.807, 2.05) is 0 Å². The van der Waals surface area contributed by atoms with Crippen molar-refractivity contribution in [2.75, 3.05) is 0 Å². The summed E-state index contributed by atoms with van der Waals surface area (Å²) in [6.07, 6.45) is 6.46. The third-order valence-electron chi connectivity index (χ3n) is 3.08. The summed E-state index contributed by atoms with van der Waals surface area (Å²) in [6, 6.07) is 3.10. The smallest absolute Gasteiger partial charge is 0.358 e. The predicted octanol–water partition coefficient (Wildman–Crippen LogP) is 4.27. The lowest BCUT2D eigenvalue weighted by atomic mass is 10.1. The number of hydrogen-bond donors (Lipinski definition) is 0. The molecule has 0 saturated heterocycles. The van der Waals surface area contributed by atoms with E-state index < -0.39 is 5.97 Å². The molecule has 0 aromatic carbocycles. The van der Waals surface area contributed by atoms with Crippen LogP contribution in [-0.4, -0.2) is 17.1 Å². The molecular weight excluding hydrogens is 273 g/mol. The summed E-state index contributed by atoms with van der Waals surface area (Å²) >= 11 is 11.7. The molecule has 1 aliphatic carbocycles. The van der Waals surface area contributed by atoms with Crippen molar-refractivity contribution in [1.82, 2.24) is 4.98 Å². The zero-order valence-corrected chi connectivity index (χ0v) is 11.5. The lowest BCUT2D eigenvalue weighted by molar-refractivity contribution is 0.0260. The van der Waals surface area contributed by atoms with Gasteiger partial charge in [0.05, 0.1) is 5.02 Å². The maximum atomic E-state index is 12.0. The molecule has 1 aromatic rings. The summed E-state index contributed by atoms with van der Waals surface area (Å²) in [7, 11) is 0. The van der Waals surface area contributed by atoms with E-state index in [1.165, 1.54) is 12.8 Å². The molecule has 0 spiro atoms. The van der Waals surface area contributed by atoms with Crippen LogP contribution in [-0.2, 0) is 4.74 Å². The first-order valence-corrected chi connectivity index (χ1v) is 6.95. The molecule has 1 saturated carbocycles. The largest absolute Gasteiger partial charge is 0.458 e. The molecule has 0 N–H and O–H groups in total. The number of rotatable bonds is 2. The highest BCUT2D eigenvalue weighted by molar-refractivity contribution is 6.34. The van der Waals surface area contributed by atoms with E-state index in [2.05, 4.69) is 4.98 Å². The van der Waals surface area contributed by atoms with Crippen molar-refractivity contribution in [2.45, 2.75) is 44.6 Å². The minimum Gasteiger partial charge on any atom is -0.458 e. The van der Waals surface area contributed by atoms with Gasteiger partial charge in [-0.1, -0.05) is 36.0 Å². The van der Waals surface area contributed by atoms with Gasteiger partial charge in [0.15, 0.2) is 5.69 Å². The number of carbonyl (C=O) groups is 1. The number of ether oxygens (including phenoxy) is 1. The third kappa shape index (κ3) is 3.59. The lowest BCUT2D eigenvalue weighted by Gasteiger charge is -2.15. The van der Waals surface area contributed by atoms with Crippen LogP contribution in [0.25, 0.3) is 0 Å². The molecule has 5 heteroatoms. The Labute approximate surface area is 116 Å². The minimum atomic E-state index is -0.477. The molecule has 2 rings (SSSR count). The van der Waals surface area contributed by atoms with Crippen LogP contribution >= 0.6 is 23.2 Å². The van der Waals surface area contributed by atoms with Crippen molar-refractivity contribution in [1.29, 1.82) is 0 Å². The molecule has 0 aliphatic heterocycles. The molecule has 3 nitrogen and oxygen atoms in total. The van der Waals surface area contributed by atoms with Crippen LogP contribution in [0.1, 0.15) is 49.0 Å². The summed E-state index contributed by atoms with van der Waals surface area (Å²) in [4.78, 5) is 15.9. The van der Waals surface area contributed by atoms with Crippen LogP contribution < -0.4 is 0 Å². The van der Waals surface area contributed by atoms with Crippen LogP contribution in [0.3, 0.4) is 0 Å². The van der Waals surface area contributed by atoms with Gasteiger partial charge in [-0.2, -0.15) is 0 Å². The predicted molar refractivity (Wildman–Crippen MR) is 71.2 cm³/mol. The Morgan fingerprint density at radius 1 is 1.17 bits per heavy atom. The zero-order valence-electron chi connectivity index (χ0n) is 9.99. The number of pyridine rings is 1. The standard InChI is InChI=1S/C13H15Cl2NO2/c14-10-7-8-11(15)16-12(10)13(17)18-9-5-3-1-2-4-6-9/h7-9H,1-6H2. The van der Waals surface area contributed by atoms with E-state index in [1.54, 1.807) is 12.1 Å². The summed E-state index contributed by atoms with van der Waals surface area (Å²) < 4.78 is 5.45. The van der Waals surface area contributed by atoms with E-state index in [-0.39, 0.29) is 22.0 Å². The second-order valence-corrected chi connectivity index (χ2v) is 5.28. The number of aromatic nitrogens is 1. The van der Waals surface area contributed by atoms with Crippen molar-refractivity contribution in [3.05, 3.63) is 28.0 Å². The summed E-state index contributed by atoms with van der Waals surface area (Å²) in [6.45, 7) is 0. The van der Waals surface area contributed by atoms with Gasteiger partial charge in [0, 0.05) is 0 Å². The molecule has 0 amide bonds. The van der Waals surface area contributed by atoms with E-state index in [9.17, 15) is 4.79 Å². The first-order valence-electron chi connectivity index (χ1n) is 6.20. The van der Waals surface area contributed by atoms with Crippen molar-refractivity contribution in [3.8, 4) is 0 Å². The first-order chi connectivity index (χ1) is 8.66. The molecule has 0 radical (unpaired) electrons. The van der Waals surface area contributed by atoms with Crippen LogP contribution in [0, 0.1) is 0 Å². The van der Waals surface area contributed by atoms with Gasteiger partial charge in [0.2, 0.25) is 0 Å². The Bertz CT molecular complexity index is 429. The Balaban J connectivity index is 2.04. The molecule has 18 heavy (non-hydrogen) atoms. The fourth-order valence-corrected chi connectivity index (χ4v) is 2.46. The summed E-state index contributed by atoms with van der Waals surface area (Å²) in [5, 5.41) is 0.519. The van der Waals surface area contributed by atoms with Crippen LogP contribution in [0.2, 0.25) is 10.2 Å². The molecule has 1 heterocycles. The normalized spacial score (nSPS) is 17.2. The van der Waals surface area contributed by atoms with E-state index in [4.69, 9.17) is 27.9 Å². The highest BCUT2D eigenvalue weighted by Crippen LogP contribution is 2.23. The molecular formula is C13H15Cl2NO2. The van der Waals surface area contributed by atoms with Gasteiger partial charge in [-0.15, -0.1) is 0 Å². The Morgan fingerprint density at radius 2 is 1.83 bits per heavy atom. The second-order valence-electron chi connectivity index (χ2n) is 4.48. The highest BCUT2D eigenvalue weighted by Gasteiger charge is 2.20. The van der Waals surface area contributed by atoms with Gasteiger partial charge >= 0.3 is 5.97 Å². The maximum absolute atomic E-state index is 12.0. The van der Waals surface area contributed by atoms with Crippen molar-refractivity contribution in [2.24, 2.45) is 0 Å². The first kappa shape index (κ1) is 13.6. The minimum absolute atomic E-state index is 0.0168. The monoisotopic (exact) mass is 287 g/mol. The van der Waals surface area contributed by atoms with Crippen molar-refractivity contribution >= 4 is 29.2 Å².